The maximum absolute atomic E-state index is 11.9. The molecular weight excluding hydrogens is 304 g/mol. The van der Waals surface area contributed by atoms with Crippen molar-refractivity contribution in [1.82, 2.24) is 10.2 Å². The molecular formula is C14H16N4OS2. The van der Waals surface area contributed by atoms with Crippen molar-refractivity contribution in [2.75, 3.05) is 22.9 Å². The highest BCUT2D eigenvalue weighted by Crippen LogP contribution is 2.25. The van der Waals surface area contributed by atoms with Crippen LogP contribution in [0.5, 0.6) is 0 Å². The monoisotopic (exact) mass is 320 g/mol. The Bertz CT molecular complexity index is 627. The molecule has 0 radical (unpaired) electrons. The van der Waals surface area contributed by atoms with E-state index in [1.807, 2.05) is 31.2 Å². The van der Waals surface area contributed by atoms with Crippen LogP contribution in [0.4, 0.5) is 10.8 Å². The van der Waals surface area contributed by atoms with Crippen LogP contribution in [0.3, 0.4) is 0 Å². The number of anilines is 2. The summed E-state index contributed by atoms with van der Waals surface area (Å²) in [4.78, 5) is 11.9. The molecule has 1 aromatic heterocycles. The largest absolute Gasteiger partial charge is 0.357 e. The Balaban J connectivity index is 1.81. The highest BCUT2D eigenvalue weighted by molar-refractivity contribution is 8.01. The maximum atomic E-state index is 11.9. The predicted molar refractivity (Wildman–Crippen MR) is 89.1 cm³/mol. The van der Waals surface area contributed by atoms with E-state index in [4.69, 9.17) is 0 Å². The van der Waals surface area contributed by atoms with E-state index in [-0.39, 0.29) is 5.91 Å². The van der Waals surface area contributed by atoms with Crippen LogP contribution in [-0.4, -0.2) is 28.4 Å². The second-order valence-corrected chi connectivity index (χ2v) is 6.45. The molecule has 1 heterocycles. The van der Waals surface area contributed by atoms with Crippen molar-refractivity contribution in [3.63, 3.8) is 0 Å². The second kappa shape index (κ2) is 7.80. The smallest absolute Gasteiger partial charge is 0.234 e. The third kappa shape index (κ3) is 5.20. The summed E-state index contributed by atoms with van der Waals surface area (Å²) >= 11 is 2.80. The Morgan fingerprint density at radius 1 is 1.48 bits per heavy atom. The van der Waals surface area contributed by atoms with Crippen LogP contribution in [0.2, 0.25) is 0 Å². The first kappa shape index (κ1) is 15.5. The summed E-state index contributed by atoms with van der Waals surface area (Å²) in [5.41, 5.74) is 1.92. The molecule has 0 saturated carbocycles. The number of aromatic nitrogens is 2. The Hall–Kier alpha value is -1.86. The summed E-state index contributed by atoms with van der Waals surface area (Å²) in [5, 5.41) is 14.7. The highest BCUT2D eigenvalue weighted by atomic mass is 32.2. The lowest BCUT2D eigenvalue weighted by molar-refractivity contribution is -0.113. The number of hydrogen-bond acceptors (Lipinski definition) is 6. The van der Waals surface area contributed by atoms with E-state index in [2.05, 4.69) is 27.4 Å². The van der Waals surface area contributed by atoms with Crippen LogP contribution in [-0.2, 0) is 4.79 Å². The van der Waals surface area contributed by atoms with E-state index >= 15 is 0 Å². The molecule has 1 amide bonds. The van der Waals surface area contributed by atoms with Crippen LogP contribution in [0.15, 0.2) is 41.3 Å². The lowest BCUT2D eigenvalue weighted by Crippen LogP contribution is -2.13. The SMILES string of the molecule is C=CCNc1nnc(SCC(=O)Nc2cccc(C)c2)s1. The average molecular weight is 320 g/mol. The van der Waals surface area contributed by atoms with Crippen LogP contribution in [0.1, 0.15) is 5.56 Å². The molecule has 5 nitrogen and oxygen atoms in total. The number of rotatable bonds is 7. The van der Waals surface area contributed by atoms with E-state index in [0.717, 1.165) is 20.7 Å². The number of carbonyl (C=O) groups excluding carboxylic acids is 1. The van der Waals surface area contributed by atoms with Gasteiger partial charge in [-0.3, -0.25) is 4.79 Å². The Morgan fingerprint density at radius 2 is 2.33 bits per heavy atom. The van der Waals surface area contributed by atoms with Crippen molar-refractivity contribution in [3.05, 3.63) is 42.5 Å². The Morgan fingerprint density at radius 3 is 3.10 bits per heavy atom. The van der Waals surface area contributed by atoms with E-state index in [1.54, 1.807) is 6.08 Å². The van der Waals surface area contributed by atoms with E-state index in [1.165, 1.54) is 23.1 Å². The van der Waals surface area contributed by atoms with Gasteiger partial charge >= 0.3 is 0 Å². The quantitative estimate of drug-likeness (QED) is 0.606. The Labute approximate surface area is 131 Å². The van der Waals surface area contributed by atoms with E-state index < -0.39 is 0 Å². The van der Waals surface area contributed by atoms with Crippen molar-refractivity contribution in [2.24, 2.45) is 0 Å². The number of hydrogen-bond donors (Lipinski definition) is 2. The number of nitrogens with zero attached hydrogens (tertiary/aromatic N) is 2. The molecule has 0 spiro atoms. The zero-order valence-electron chi connectivity index (χ0n) is 11.6. The van der Waals surface area contributed by atoms with Gasteiger partial charge in [0.05, 0.1) is 5.75 Å². The predicted octanol–water partition coefficient (Wildman–Crippen LogP) is 3.18. The number of carbonyl (C=O) groups is 1. The minimum atomic E-state index is -0.0543. The molecule has 21 heavy (non-hydrogen) atoms. The van der Waals surface area contributed by atoms with Gasteiger partial charge in [-0.1, -0.05) is 41.3 Å². The van der Waals surface area contributed by atoms with Gasteiger partial charge in [-0.2, -0.15) is 0 Å². The molecule has 0 aliphatic heterocycles. The van der Waals surface area contributed by atoms with Gasteiger partial charge in [-0.05, 0) is 24.6 Å². The van der Waals surface area contributed by atoms with Crippen molar-refractivity contribution >= 4 is 39.8 Å². The average Bonchev–Trinajstić information content (AvgIpc) is 2.91. The fraction of sp³-hybridized carbons (Fsp3) is 0.214. The van der Waals surface area contributed by atoms with Crippen LogP contribution >= 0.6 is 23.1 Å². The van der Waals surface area contributed by atoms with Crippen molar-refractivity contribution in [3.8, 4) is 0 Å². The topological polar surface area (TPSA) is 66.9 Å². The van der Waals surface area contributed by atoms with E-state index in [0.29, 0.717) is 12.3 Å². The number of amides is 1. The molecule has 0 bridgehead atoms. The Kier molecular flexibility index (Phi) is 5.77. The van der Waals surface area contributed by atoms with Gasteiger partial charge in [0.1, 0.15) is 0 Å². The van der Waals surface area contributed by atoms with Crippen LogP contribution < -0.4 is 10.6 Å². The van der Waals surface area contributed by atoms with Crippen molar-refractivity contribution < 1.29 is 4.79 Å². The summed E-state index contributed by atoms with van der Waals surface area (Å²) in [7, 11) is 0. The lowest BCUT2D eigenvalue weighted by atomic mass is 10.2. The maximum Gasteiger partial charge on any atom is 0.234 e. The number of thioether (sulfide) groups is 1. The van der Waals surface area contributed by atoms with E-state index in [9.17, 15) is 4.79 Å². The molecule has 0 fully saturated rings. The zero-order valence-corrected chi connectivity index (χ0v) is 13.3. The molecule has 7 heteroatoms. The highest BCUT2D eigenvalue weighted by Gasteiger charge is 2.08. The fourth-order valence-corrected chi connectivity index (χ4v) is 3.10. The third-order valence-electron chi connectivity index (χ3n) is 2.43. The number of benzene rings is 1. The molecule has 0 saturated heterocycles. The van der Waals surface area contributed by atoms with Gasteiger partial charge in [0, 0.05) is 12.2 Å². The molecule has 0 atom stereocenters. The van der Waals surface area contributed by atoms with Gasteiger partial charge in [-0.15, -0.1) is 16.8 Å². The molecule has 2 aromatic rings. The third-order valence-corrected chi connectivity index (χ3v) is 4.45. The van der Waals surface area contributed by atoms with Crippen molar-refractivity contribution in [1.29, 1.82) is 0 Å². The molecule has 110 valence electrons. The summed E-state index contributed by atoms with van der Waals surface area (Å²) in [6.07, 6.45) is 1.75. The van der Waals surface area contributed by atoms with Gasteiger partial charge in [0.25, 0.3) is 0 Å². The normalized spacial score (nSPS) is 10.1. The number of nitrogens with one attached hydrogen (secondary N) is 2. The summed E-state index contributed by atoms with van der Waals surface area (Å²) in [5.74, 6) is 0.255. The van der Waals surface area contributed by atoms with Gasteiger partial charge < -0.3 is 10.6 Å². The van der Waals surface area contributed by atoms with Gasteiger partial charge in [0.2, 0.25) is 11.0 Å². The first-order valence-electron chi connectivity index (χ1n) is 6.35. The standard InChI is InChI=1S/C14H16N4OS2/c1-3-7-15-13-17-18-14(21-13)20-9-12(19)16-11-6-4-5-10(2)8-11/h3-6,8H,1,7,9H2,2H3,(H,15,17)(H,16,19). The van der Waals surface area contributed by atoms with Gasteiger partial charge in [0.15, 0.2) is 4.34 Å². The summed E-state index contributed by atoms with van der Waals surface area (Å²) in [6.45, 7) is 6.26. The van der Waals surface area contributed by atoms with Crippen LogP contribution in [0, 0.1) is 6.92 Å². The van der Waals surface area contributed by atoms with Crippen LogP contribution in [0.25, 0.3) is 0 Å². The molecule has 0 aliphatic rings. The first-order chi connectivity index (χ1) is 10.2. The molecule has 0 aliphatic carbocycles. The molecule has 1 aromatic carbocycles. The summed E-state index contributed by atoms with van der Waals surface area (Å²) in [6, 6.07) is 7.71. The zero-order chi connectivity index (χ0) is 15.1. The minimum Gasteiger partial charge on any atom is -0.357 e. The minimum absolute atomic E-state index is 0.0543. The second-order valence-electron chi connectivity index (χ2n) is 4.25. The summed E-state index contributed by atoms with van der Waals surface area (Å²) < 4.78 is 0.765. The molecule has 0 unspecified atom stereocenters. The number of aryl methyl sites for hydroxylation is 1. The molecule has 2 rings (SSSR count). The van der Waals surface area contributed by atoms with Gasteiger partial charge in [-0.25, -0.2) is 0 Å². The first-order valence-corrected chi connectivity index (χ1v) is 8.15. The fourth-order valence-electron chi connectivity index (χ4n) is 1.55. The lowest BCUT2D eigenvalue weighted by Gasteiger charge is -2.04. The molecule has 2 N–H and O–H groups in total. The van der Waals surface area contributed by atoms with Crippen molar-refractivity contribution in [2.45, 2.75) is 11.3 Å².